The Kier molecular flexibility index (Phi) is 3.01. The van der Waals surface area contributed by atoms with Gasteiger partial charge in [0.15, 0.2) is 6.23 Å². The summed E-state index contributed by atoms with van der Waals surface area (Å²) >= 11 is 0. The predicted octanol–water partition coefficient (Wildman–Crippen LogP) is 2.80. The number of ether oxygens (including phenoxy) is 1. The summed E-state index contributed by atoms with van der Waals surface area (Å²) in [7, 11) is 0. The summed E-state index contributed by atoms with van der Waals surface area (Å²) in [5, 5.41) is 0. The summed E-state index contributed by atoms with van der Waals surface area (Å²) < 4.78 is 5.68. The maximum Gasteiger partial charge on any atom is 0.328 e. The van der Waals surface area contributed by atoms with Crippen molar-refractivity contribution in [1.29, 1.82) is 0 Å². The molecule has 2 aliphatic heterocycles. The quantitative estimate of drug-likeness (QED) is 0.694. The van der Waals surface area contributed by atoms with Crippen LogP contribution in [0, 0.1) is 11.3 Å². The molecule has 0 radical (unpaired) electrons. The molecule has 0 bridgehead atoms. The van der Waals surface area contributed by atoms with E-state index in [2.05, 4.69) is 39.5 Å². The van der Waals surface area contributed by atoms with Gasteiger partial charge < -0.3 is 4.74 Å². The van der Waals surface area contributed by atoms with E-state index in [1.807, 2.05) is 0 Å². The van der Waals surface area contributed by atoms with Gasteiger partial charge in [-0.1, -0.05) is 34.6 Å². The van der Waals surface area contributed by atoms with E-state index >= 15 is 0 Å². The lowest BCUT2D eigenvalue weighted by Gasteiger charge is -2.36. The highest BCUT2D eigenvalue weighted by Gasteiger charge is 2.59. The smallest absolute Gasteiger partial charge is 0.328 e. The van der Waals surface area contributed by atoms with E-state index in [1.165, 1.54) is 0 Å². The number of nitrogens with zero attached hydrogens (tertiary/aromatic N) is 1. The van der Waals surface area contributed by atoms with Crippen molar-refractivity contribution in [3.63, 3.8) is 0 Å². The van der Waals surface area contributed by atoms with E-state index in [0.717, 1.165) is 25.8 Å². The summed E-state index contributed by atoms with van der Waals surface area (Å²) in [6.07, 6.45) is 2.97. The molecule has 2 saturated heterocycles. The standard InChI is InChI=1S/C14H25NO2/c1-10(2)9-14-7-6-8-15(14)11(13(3,4)5)17-12(14)16/h10-11H,6-9H2,1-5H3/t11-,14-/m0/s1. The van der Waals surface area contributed by atoms with Crippen LogP contribution in [0.15, 0.2) is 0 Å². The Balaban J connectivity index is 2.29. The zero-order valence-corrected chi connectivity index (χ0v) is 11.7. The number of hydrogen-bond donors (Lipinski definition) is 0. The molecule has 3 heteroatoms. The Hall–Kier alpha value is -0.570. The van der Waals surface area contributed by atoms with Gasteiger partial charge in [0, 0.05) is 12.0 Å². The first-order valence-corrected chi connectivity index (χ1v) is 6.75. The van der Waals surface area contributed by atoms with E-state index in [-0.39, 0.29) is 23.2 Å². The molecule has 2 aliphatic rings. The molecule has 0 saturated carbocycles. The molecule has 0 aliphatic carbocycles. The lowest BCUT2D eigenvalue weighted by atomic mass is 9.86. The van der Waals surface area contributed by atoms with Crippen LogP contribution in [0.3, 0.4) is 0 Å². The van der Waals surface area contributed by atoms with Crippen LogP contribution >= 0.6 is 0 Å². The maximum absolute atomic E-state index is 12.3. The molecule has 0 N–H and O–H groups in total. The summed E-state index contributed by atoms with van der Waals surface area (Å²) in [6.45, 7) is 11.8. The molecule has 98 valence electrons. The van der Waals surface area contributed by atoms with Crippen LogP contribution in [0.1, 0.15) is 53.9 Å². The van der Waals surface area contributed by atoms with Crippen molar-refractivity contribution in [3.8, 4) is 0 Å². The Morgan fingerprint density at radius 3 is 2.65 bits per heavy atom. The average Bonchev–Trinajstić information content (AvgIpc) is 2.64. The largest absolute Gasteiger partial charge is 0.444 e. The van der Waals surface area contributed by atoms with Gasteiger partial charge in [-0.3, -0.25) is 4.90 Å². The molecule has 2 heterocycles. The lowest BCUT2D eigenvalue weighted by molar-refractivity contribution is -0.150. The fourth-order valence-corrected chi connectivity index (χ4v) is 3.36. The fourth-order valence-electron chi connectivity index (χ4n) is 3.36. The van der Waals surface area contributed by atoms with Crippen molar-refractivity contribution in [2.75, 3.05) is 6.54 Å². The van der Waals surface area contributed by atoms with E-state index < -0.39 is 0 Å². The molecular weight excluding hydrogens is 214 g/mol. The highest BCUT2D eigenvalue weighted by molar-refractivity contribution is 5.83. The zero-order chi connectivity index (χ0) is 12.8. The molecular formula is C14H25NO2. The van der Waals surface area contributed by atoms with Gasteiger partial charge in [0.05, 0.1) is 0 Å². The zero-order valence-electron chi connectivity index (χ0n) is 11.7. The van der Waals surface area contributed by atoms with Gasteiger partial charge in [0.1, 0.15) is 5.54 Å². The third-order valence-electron chi connectivity index (χ3n) is 3.91. The number of carbonyl (C=O) groups is 1. The first kappa shape index (κ1) is 12.9. The van der Waals surface area contributed by atoms with Crippen molar-refractivity contribution in [3.05, 3.63) is 0 Å². The first-order valence-electron chi connectivity index (χ1n) is 6.75. The topological polar surface area (TPSA) is 29.5 Å². The normalized spacial score (nSPS) is 34.2. The van der Waals surface area contributed by atoms with Gasteiger partial charge in [-0.25, -0.2) is 4.79 Å². The van der Waals surface area contributed by atoms with Crippen LogP contribution < -0.4 is 0 Å². The van der Waals surface area contributed by atoms with Crippen LogP contribution in [0.25, 0.3) is 0 Å². The van der Waals surface area contributed by atoms with Gasteiger partial charge >= 0.3 is 5.97 Å². The summed E-state index contributed by atoms with van der Waals surface area (Å²) in [6, 6.07) is 0. The van der Waals surface area contributed by atoms with Gasteiger partial charge in [-0.2, -0.15) is 0 Å². The SMILES string of the molecule is CC(C)C[C@]12CCCN1[C@H](C(C)(C)C)OC2=O. The van der Waals surface area contributed by atoms with Crippen LogP contribution in [0.2, 0.25) is 0 Å². The van der Waals surface area contributed by atoms with Crippen molar-refractivity contribution >= 4 is 5.97 Å². The maximum atomic E-state index is 12.3. The van der Waals surface area contributed by atoms with Gasteiger partial charge in [-0.15, -0.1) is 0 Å². The average molecular weight is 239 g/mol. The summed E-state index contributed by atoms with van der Waals surface area (Å²) in [5.41, 5.74) is -0.315. The Morgan fingerprint density at radius 1 is 1.47 bits per heavy atom. The molecule has 17 heavy (non-hydrogen) atoms. The van der Waals surface area contributed by atoms with Crippen LogP contribution in [-0.4, -0.2) is 29.2 Å². The van der Waals surface area contributed by atoms with E-state index in [0.29, 0.717) is 5.92 Å². The van der Waals surface area contributed by atoms with E-state index in [4.69, 9.17) is 4.74 Å². The molecule has 2 rings (SSSR count). The van der Waals surface area contributed by atoms with Gasteiger partial charge in [0.2, 0.25) is 0 Å². The second-order valence-electron chi connectivity index (χ2n) is 7.05. The molecule has 2 fully saturated rings. The minimum atomic E-state index is -0.313. The third kappa shape index (κ3) is 1.99. The molecule has 0 aromatic rings. The third-order valence-corrected chi connectivity index (χ3v) is 3.91. The molecule has 0 aromatic heterocycles. The molecule has 3 nitrogen and oxygen atoms in total. The van der Waals surface area contributed by atoms with Gasteiger partial charge in [0.25, 0.3) is 0 Å². The molecule has 0 spiro atoms. The second kappa shape index (κ2) is 3.98. The highest BCUT2D eigenvalue weighted by Crippen LogP contribution is 2.46. The van der Waals surface area contributed by atoms with Crippen molar-refractivity contribution < 1.29 is 9.53 Å². The Bertz CT molecular complexity index is 319. The molecule has 0 unspecified atom stereocenters. The predicted molar refractivity (Wildman–Crippen MR) is 67.5 cm³/mol. The number of cyclic esters (lactones) is 1. The number of rotatable bonds is 2. The van der Waals surface area contributed by atoms with Crippen LogP contribution in [-0.2, 0) is 9.53 Å². The van der Waals surface area contributed by atoms with Crippen molar-refractivity contribution in [1.82, 2.24) is 4.90 Å². The van der Waals surface area contributed by atoms with Crippen molar-refractivity contribution in [2.24, 2.45) is 11.3 Å². The number of hydrogen-bond acceptors (Lipinski definition) is 3. The summed E-state index contributed by atoms with van der Waals surface area (Å²) in [5.74, 6) is 0.547. The Labute approximate surface area is 105 Å². The Morgan fingerprint density at radius 2 is 2.12 bits per heavy atom. The molecule has 0 amide bonds. The monoisotopic (exact) mass is 239 g/mol. The second-order valence-corrected chi connectivity index (χ2v) is 7.05. The van der Waals surface area contributed by atoms with Gasteiger partial charge in [-0.05, 0) is 25.2 Å². The minimum absolute atomic E-state index is 0.00126. The van der Waals surface area contributed by atoms with E-state index in [1.54, 1.807) is 0 Å². The number of esters is 1. The minimum Gasteiger partial charge on any atom is -0.444 e. The van der Waals surface area contributed by atoms with Crippen LogP contribution in [0.5, 0.6) is 0 Å². The molecule has 2 atom stereocenters. The molecule has 0 aromatic carbocycles. The van der Waals surface area contributed by atoms with E-state index in [9.17, 15) is 4.79 Å². The number of fused-ring (bicyclic) bond motifs is 1. The summed E-state index contributed by atoms with van der Waals surface area (Å²) in [4.78, 5) is 14.6. The highest BCUT2D eigenvalue weighted by atomic mass is 16.6. The first-order chi connectivity index (χ1) is 7.77. The number of carbonyl (C=O) groups excluding carboxylic acids is 1. The lowest BCUT2D eigenvalue weighted by Crippen LogP contribution is -2.49. The fraction of sp³-hybridized carbons (Fsp3) is 0.929. The van der Waals surface area contributed by atoms with Crippen LogP contribution in [0.4, 0.5) is 0 Å². The van der Waals surface area contributed by atoms with Crippen molar-refractivity contribution in [2.45, 2.75) is 65.6 Å².